The molecule has 10 heteroatoms. The number of rotatable bonds is 8. The highest BCUT2D eigenvalue weighted by Gasteiger charge is 2.14. The van der Waals surface area contributed by atoms with Gasteiger partial charge in [-0.1, -0.05) is 0 Å². The monoisotopic (exact) mass is 379 g/mol. The molecular formula is C16H21N5O4S. The van der Waals surface area contributed by atoms with E-state index in [1.807, 2.05) is 19.9 Å². The molecule has 0 unspecified atom stereocenters. The largest absolute Gasteiger partial charge is 0.383 e. The predicted molar refractivity (Wildman–Crippen MR) is 96.1 cm³/mol. The van der Waals surface area contributed by atoms with Crippen molar-refractivity contribution in [1.82, 2.24) is 20.1 Å². The van der Waals surface area contributed by atoms with E-state index in [2.05, 4.69) is 25.5 Å². The number of carbonyl (C=O) groups excluding carboxylic acids is 1. The molecule has 3 N–H and O–H groups in total. The molecule has 0 aliphatic rings. The summed E-state index contributed by atoms with van der Waals surface area (Å²) >= 11 is 0. The van der Waals surface area contributed by atoms with E-state index in [-0.39, 0.29) is 29.6 Å². The molecule has 0 bridgehead atoms. The fourth-order valence-corrected chi connectivity index (χ4v) is 3.13. The van der Waals surface area contributed by atoms with Gasteiger partial charge in [0.1, 0.15) is 0 Å². The number of anilines is 1. The smallest absolute Gasteiger partial charge is 0.269 e. The first-order valence-corrected chi connectivity index (χ1v) is 9.27. The number of hydrogen-bond donors (Lipinski definition) is 3. The zero-order valence-electron chi connectivity index (χ0n) is 14.7. The Morgan fingerprint density at radius 1 is 1.12 bits per heavy atom. The molecule has 9 nitrogen and oxygen atoms in total. The van der Waals surface area contributed by atoms with Crippen LogP contribution in [0.1, 0.15) is 21.7 Å². The number of aryl methyl sites for hydroxylation is 2. The molecule has 0 spiro atoms. The first kappa shape index (κ1) is 19.8. The first-order valence-electron chi connectivity index (χ1n) is 7.79. The van der Waals surface area contributed by atoms with Crippen LogP contribution >= 0.6 is 0 Å². The lowest BCUT2D eigenvalue weighted by atomic mass is 10.2. The van der Waals surface area contributed by atoms with Crippen LogP contribution < -0.4 is 15.6 Å². The number of aromatic nitrogens is 2. The summed E-state index contributed by atoms with van der Waals surface area (Å²) in [6.45, 7) is 4.08. The van der Waals surface area contributed by atoms with Crippen molar-refractivity contribution in [2.45, 2.75) is 18.7 Å². The summed E-state index contributed by atoms with van der Waals surface area (Å²) in [5.74, 6) is -0.165. The average Bonchev–Trinajstić information content (AvgIpc) is 2.59. The first-order chi connectivity index (χ1) is 12.3. The second-order valence-corrected chi connectivity index (χ2v) is 7.24. The Morgan fingerprint density at radius 3 is 2.31 bits per heavy atom. The van der Waals surface area contributed by atoms with Crippen molar-refractivity contribution in [1.29, 1.82) is 0 Å². The lowest BCUT2D eigenvalue weighted by molar-refractivity contribution is 0.0962. The third-order valence-corrected chi connectivity index (χ3v) is 4.77. The van der Waals surface area contributed by atoms with Gasteiger partial charge < -0.3 is 4.74 Å². The number of hydrogen-bond acceptors (Lipinski definition) is 7. The van der Waals surface area contributed by atoms with Gasteiger partial charge in [0.25, 0.3) is 5.91 Å². The highest BCUT2D eigenvalue weighted by atomic mass is 32.2. The highest BCUT2D eigenvalue weighted by Crippen LogP contribution is 2.10. The topological polar surface area (TPSA) is 122 Å². The fraction of sp³-hybridized carbons (Fsp3) is 0.312. The zero-order chi connectivity index (χ0) is 19.2. The van der Waals surface area contributed by atoms with Crippen molar-refractivity contribution in [3.8, 4) is 0 Å². The van der Waals surface area contributed by atoms with E-state index >= 15 is 0 Å². The summed E-state index contributed by atoms with van der Waals surface area (Å²) in [4.78, 5) is 20.5. The van der Waals surface area contributed by atoms with E-state index < -0.39 is 15.9 Å². The summed E-state index contributed by atoms with van der Waals surface area (Å²) in [6, 6.07) is 7.37. The molecule has 1 amide bonds. The Balaban J connectivity index is 2.00. The van der Waals surface area contributed by atoms with Gasteiger partial charge in [-0.15, -0.1) is 0 Å². The van der Waals surface area contributed by atoms with Crippen LogP contribution in [0.3, 0.4) is 0 Å². The number of ether oxygens (including phenoxy) is 1. The Morgan fingerprint density at radius 2 is 1.73 bits per heavy atom. The molecule has 2 rings (SSSR count). The quantitative estimate of drug-likeness (QED) is 0.457. The summed E-state index contributed by atoms with van der Waals surface area (Å²) in [6.07, 6.45) is 0. The summed E-state index contributed by atoms with van der Waals surface area (Å²) in [7, 11) is -2.15. The van der Waals surface area contributed by atoms with E-state index in [0.29, 0.717) is 0 Å². The van der Waals surface area contributed by atoms with Crippen LogP contribution in [-0.4, -0.2) is 44.6 Å². The molecule has 26 heavy (non-hydrogen) atoms. The minimum atomic E-state index is -3.64. The average molecular weight is 379 g/mol. The van der Waals surface area contributed by atoms with Gasteiger partial charge in [0, 0.05) is 30.6 Å². The second-order valence-electron chi connectivity index (χ2n) is 5.47. The van der Waals surface area contributed by atoms with Crippen LogP contribution in [0.15, 0.2) is 35.2 Å². The Bertz CT molecular complexity index is 848. The summed E-state index contributed by atoms with van der Waals surface area (Å²) in [5.41, 5.74) is 6.94. The van der Waals surface area contributed by atoms with E-state index in [1.54, 1.807) is 0 Å². The zero-order valence-corrected chi connectivity index (χ0v) is 15.6. The molecule has 0 atom stereocenters. The predicted octanol–water partition coefficient (Wildman–Crippen LogP) is 0.775. The molecule has 1 heterocycles. The molecule has 1 aromatic heterocycles. The molecule has 1 aromatic carbocycles. The van der Waals surface area contributed by atoms with Gasteiger partial charge in [0.15, 0.2) is 0 Å². The van der Waals surface area contributed by atoms with E-state index in [1.165, 1.54) is 31.4 Å². The van der Waals surface area contributed by atoms with Crippen LogP contribution in [0, 0.1) is 13.8 Å². The highest BCUT2D eigenvalue weighted by molar-refractivity contribution is 7.89. The second kappa shape index (κ2) is 8.70. The van der Waals surface area contributed by atoms with Gasteiger partial charge in [0.05, 0.1) is 11.5 Å². The molecule has 0 aliphatic heterocycles. The Hall–Kier alpha value is -2.56. The van der Waals surface area contributed by atoms with E-state index in [9.17, 15) is 13.2 Å². The number of benzene rings is 1. The lowest BCUT2D eigenvalue weighted by Gasteiger charge is -2.09. The Labute approximate surface area is 152 Å². The van der Waals surface area contributed by atoms with Crippen LogP contribution in [0.5, 0.6) is 0 Å². The van der Waals surface area contributed by atoms with Gasteiger partial charge in [0.2, 0.25) is 16.0 Å². The van der Waals surface area contributed by atoms with Gasteiger partial charge in [-0.3, -0.25) is 15.6 Å². The number of sulfonamides is 1. The van der Waals surface area contributed by atoms with Gasteiger partial charge in [-0.25, -0.2) is 23.1 Å². The molecule has 0 fully saturated rings. The van der Waals surface area contributed by atoms with Crippen molar-refractivity contribution >= 4 is 21.9 Å². The van der Waals surface area contributed by atoms with Crippen LogP contribution in [0.4, 0.5) is 5.95 Å². The minimum Gasteiger partial charge on any atom is -0.383 e. The van der Waals surface area contributed by atoms with Crippen LogP contribution in [0.2, 0.25) is 0 Å². The number of nitrogens with one attached hydrogen (secondary N) is 3. The van der Waals surface area contributed by atoms with Crippen molar-refractivity contribution in [2.75, 3.05) is 25.7 Å². The van der Waals surface area contributed by atoms with Gasteiger partial charge in [-0.05, 0) is 44.2 Å². The van der Waals surface area contributed by atoms with Gasteiger partial charge in [-0.2, -0.15) is 0 Å². The Kier molecular flexibility index (Phi) is 6.61. The van der Waals surface area contributed by atoms with Crippen molar-refractivity contribution < 1.29 is 17.9 Å². The summed E-state index contributed by atoms with van der Waals surface area (Å²) in [5, 5.41) is 0. The maximum Gasteiger partial charge on any atom is 0.269 e. The van der Waals surface area contributed by atoms with Crippen molar-refractivity contribution in [2.24, 2.45) is 0 Å². The third kappa shape index (κ3) is 5.48. The molecule has 0 saturated heterocycles. The standard InChI is InChI=1S/C16H21N5O4S/c1-11-10-12(2)19-16(18-11)21-20-15(22)13-4-6-14(7-5-13)26(23,24)17-8-9-25-3/h4-7,10,17H,8-9H2,1-3H3,(H,20,22)(H,18,19,21). The number of hydrazine groups is 1. The van der Waals surface area contributed by atoms with Crippen molar-refractivity contribution in [3.05, 3.63) is 47.3 Å². The lowest BCUT2D eigenvalue weighted by Crippen LogP contribution is -2.30. The third-order valence-electron chi connectivity index (χ3n) is 3.30. The minimum absolute atomic E-state index is 0.0655. The number of carbonyl (C=O) groups is 1. The number of nitrogens with zero attached hydrogens (tertiary/aromatic N) is 2. The van der Waals surface area contributed by atoms with E-state index in [4.69, 9.17) is 4.74 Å². The molecular weight excluding hydrogens is 358 g/mol. The summed E-state index contributed by atoms with van der Waals surface area (Å²) < 4.78 is 31.3. The normalized spacial score (nSPS) is 11.2. The number of amides is 1. The van der Waals surface area contributed by atoms with Crippen LogP contribution in [-0.2, 0) is 14.8 Å². The maximum atomic E-state index is 12.1. The van der Waals surface area contributed by atoms with Crippen molar-refractivity contribution in [3.63, 3.8) is 0 Å². The molecule has 2 aromatic rings. The number of methoxy groups -OCH3 is 1. The molecule has 0 radical (unpaired) electrons. The fourth-order valence-electron chi connectivity index (χ4n) is 2.11. The maximum absolute atomic E-state index is 12.1. The van der Waals surface area contributed by atoms with Crippen LogP contribution in [0.25, 0.3) is 0 Å². The molecule has 0 aliphatic carbocycles. The SMILES string of the molecule is COCCNS(=O)(=O)c1ccc(C(=O)NNc2nc(C)cc(C)n2)cc1. The van der Waals surface area contributed by atoms with Gasteiger partial charge >= 0.3 is 0 Å². The van der Waals surface area contributed by atoms with E-state index in [0.717, 1.165) is 11.4 Å². The molecule has 0 saturated carbocycles. The molecule has 140 valence electrons.